The Balaban J connectivity index is 1.78. The van der Waals surface area contributed by atoms with Crippen molar-refractivity contribution in [2.75, 3.05) is 13.4 Å². The van der Waals surface area contributed by atoms with E-state index in [9.17, 15) is 13.2 Å². The van der Waals surface area contributed by atoms with Gasteiger partial charge in [0.25, 0.3) is 0 Å². The monoisotopic (exact) mass is 389 g/mol. The van der Waals surface area contributed by atoms with Gasteiger partial charge in [-0.3, -0.25) is 0 Å². The Bertz CT molecular complexity index is 991. The van der Waals surface area contributed by atoms with Crippen LogP contribution in [0.15, 0.2) is 53.4 Å². The highest BCUT2D eigenvalue weighted by Crippen LogP contribution is 2.57. The largest absolute Gasteiger partial charge is 0.465 e. The second-order valence-electron chi connectivity index (χ2n) is 6.52. The van der Waals surface area contributed by atoms with Crippen LogP contribution >= 0.6 is 0 Å². The Morgan fingerprint density at radius 3 is 2.59 bits per heavy atom. The highest BCUT2D eigenvalue weighted by molar-refractivity contribution is 7.92. The minimum absolute atomic E-state index is 0.0981. The van der Waals surface area contributed by atoms with E-state index in [1.165, 1.54) is 12.1 Å². The number of esters is 1. The Labute approximate surface area is 156 Å². The van der Waals surface area contributed by atoms with Crippen LogP contribution in [0.5, 0.6) is 11.5 Å². The van der Waals surface area contributed by atoms with Crippen molar-refractivity contribution in [3.05, 3.63) is 54.1 Å². The average Bonchev–Trinajstić information content (AvgIpc) is 3.08. The van der Waals surface area contributed by atoms with E-state index in [4.69, 9.17) is 19.9 Å². The molecule has 0 unspecified atom stereocenters. The lowest BCUT2D eigenvalue weighted by atomic mass is 10.1. The molecule has 0 spiro atoms. The molecule has 4 rings (SSSR count). The number of hydrogen-bond donors (Lipinski definition) is 1. The molecular formula is C19H19NO6S. The number of nitrogens with two attached hydrogens (primary N) is 1. The Hall–Kier alpha value is -2.58. The average molecular weight is 389 g/mol. The maximum Gasteiger partial charge on any atom is 0.328 e. The maximum atomic E-state index is 13.2. The summed E-state index contributed by atoms with van der Waals surface area (Å²) in [6.45, 7) is 1.87. The minimum atomic E-state index is -3.85. The molecule has 0 amide bonds. The second kappa shape index (κ2) is 6.24. The van der Waals surface area contributed by atoms with Gasteiger partial charge in [0.1, 0.15) is 10.8 Å². The topological polar surface area (TPSA) is 105 Å². The molecule has 1 aliphatic heterocycles. The molecule has 8 heteroatoms. The van der Waals surface area contributed by atoms with Crippen LogP contribution in [0.3, 0.4) is 0 Å². The maximum absolute atomic E-state index is 13.2. The number of sulfone groups is 1. The van der Waals surface area contributed by atoms with E-state index in [0.717, 1.165) is 0 Å². The van der Waals surface area contributed by atoms with Gasteiger partial charge in [-0.25, -0.2) is 13.2 Å². The molecule has 2 N–H and O–H groups in total. The lowest BCUT2D eigenvalue weighted by Gasteiger charge is -2.11. The first-order valence-electron chi connectivity index (χ1n) is 8.55. The van der Waals surface area contributed by atoms with Gasteiger partial charge in [-0.05, 0) is 36.8 Å². The summed E-state index contributed by atoms with van der Waals surface area (Å²) in [6, 6.07) is 13.1. The van der Waals surface area contributed by atoms with Crippen LogP contribution in [0.4, 0.5) is 0 Å². The zero-order valence-electron chi connectivity index (χ0n) is 14.6. The van der Waals surface area contributed by atoms with E-state index in [0.29, 0.717) is 17.1 Å². The molecule has 7 nitrogen and oxygen atoms in total. The van der Waals surface area contributed by atoms with Crippen molar-refractivity contribution in [1.82, 2.24) is 0 Å². The number of carbonyl (C=O) groups excluding carboxylic acids is 1. The van der Waals surface area contributed by atoms with Crippen LogP contribution in [-0.2, 0) is 19.4 Å². The summed E-state index contributed by atoms with van der Waals surface area (Å²) < 4.78 is 42.1. The van der Waals surface area contributed by atoms with Crippen LogP contribution in [0.2, 0.25) is 0 Å². The SMILES string of the molecule is CCOC(=O)[C@@]1(N)[C@H](S(=O)(=O)c2ccccc2)[C@@H]1c1ccc2c(c1)OCO2. The van der Waals surface area contributed by atoms with E-state index in [1.807, 2.05) is 0 Å². The van der Waals surface area contributed by atoms with Crippen molar-refractivity contribution in [1.29, 1.82) is 0 Å². The van der Waals surface area contributed by atoms with Gasteiger partial charge in [0.15, 0.2) is 21.3 Å². The molecule has 2 aromatic carbocycles. The molecule has 0 aromatic heterocycles. The lowest BCUT2D eigenvalue weighted by Crippen LogP contribution is -2.41. The van der Waals surface area contributed by atoms with Gasteiger partial charge < -0.3 is 19.9 Å². The van der Waals surface area contributed by atoms with Crippen LogP contribution < -0.4 is 15.2 Å². The lowest BCUT2D eigenvalue weighted by molar-refractivity contribution is -0.145. The minimum Gasteiger partial charge on any atom is -0.465 e. The predicted molar refractivity (Wildman–Crippen MR) is 96.3 cm³/mol. The van der Waals surface area contributed by atoms with E-state index < -0.39 is 32.5 Å². The molecular weight excluding hydrogens is 370 g/mol. The molecule has 2 aliphatic rings. The van der Waals surface area contributed by atoms with Crippen LogP contribution in [0.25, 0.3) is 0 Å². The van der Waals surface area contributed by atoms with E-state index in [2.05, 4.69) is 0 Å². The van der Waals surface area contributed by atoms with Crippen molar-refractivity contribution >= 4 is 15.8 Å². The Morgan fingerprint density at radius 1 is 1.19 bits per heavy atom. The highest BCUT2D eigenvalue weighted by Gasteiger charge is 2.74. The van der Waals surface area contributed by atoms with E-state index in [-0.39, 0.29) is 18.3 Å². The Kier molecular flexibility index (Phi) is 4.12. The third-order valence-corrected chi connectivity index (χ3v) is 7.23. The number of hydrogen-bond acceptors (Lipinski definition) is 7. The summed E-state index contributed by atoms with van der Waals surface area (Å²) in [5.74, 6) is -0.393. The summed E-state index contributed by atoms with van der Waals surface area (Å²) in [5, 5.41) is -1.12. The summed E-state index contributed by atoms with van der Waals surface area (Å²) in [5.41, 5.74) is 5.28. The first-order valence-corrected chi connectivity index (χ1v) is 10.1. The molecule has 0 radical (unpaired) electrons. The van der Waals surface area contributed by atoms with Crippen LogP contribution in [-0.4, -0.2) is 38.6 Å². The quantitative estimate of drug-likeness (QED) is 0.775. The van der Waals surface area contributed by atoms with Gasteiger partial charge in [0, 0.05) is 5.92 Å². The summed E-state index contributed by atoms with van der Waals surface area (Å²) in [4.78, 5) is 12.7. The third kappa shape index (κ3) is 2.67. The zero-order chi connectivity index (χ0) is 19.2. The Morgan fingerprint density at radius 2 is 1.89 bits per heavy atom. The summed E-state index contributed by atoms with van der Waals surface area (Å²) in [6.07, 6.45) is 0. The van der Waals surface area contributed by atoms with Gasteiger partial charge in [-0.1, -0.05) is 24.3 Å². The number of fused-ring (bicyclic) bond motifs is 1. The summed E-state index contributed by atoms with van der Waals surface area (Å²) in [7, 11) is -3.85. The van der Waals surface area contributed by atoms with Gasteiger partial charge >= 0.3 is 5.97 Å². The molecule has 1 fully saturated rings. The fourth-order valence-electron chi connectivity index (χ4n) is 3.62. The molecule has 1 aliphatic carbocycles. The van der Waals surface area contributed by atoms with Crippen LogP contribution in [0, 0.1) is 0 Å². The fraction of sp³-hybridized carbons (Fsp3) is 0.316. The van der Waals surface area contributed by atoms with Gasteiger partial charge in [-0.2, -0.15) is 0 Å². The predicted octanol–water partition coefficient (Wildman–Crippen LogP) is 1.62. The summed E-state index contributed by atoms with van der Waals surface area (Å²) >= 11 is 0. The van der Waals surface area contributed by atoms with E-state index >= 15 is 0 Å². The third-order valence-electron chi connectivity index (χ3n) is 4.97. The molecule has 1 saturated carbocycles. The smallest absolute Gasteiger partial charge is 0.328 e. The second-order valence-corrected chi connectivity index (χ2v) is 8.59. The number of carbonyl (C=O) groups is 1. The highest BCUT2D eigenvalue weighted by atomic mass is 32.2. The molecule has 1 heterocycles. The van der Waals surface area contributed by atoms with Gasteiger partial charge in [0.2, 0.25) is 6.79 Å². The van der Waals surface area contributed by atoms with E-state index in [1.54, 1.807) is 43.3 Å². The van der Waals surface area contributed by atoms with Gasteiger partial charge in [0.05, 0.1) is 11.5 Å². The normalized spacial score (nSPS) is 25.9. The van der Waals surface area contributed by atoms with Gasteiger partial charge in [-0.15, -0.1) is 0 Å². The van der Waals surface area contributed by atoms with Crippen LogP contribution in [0.1, 0.15) is 18.4 Å². The van der Waals surface area contributed by atoms with Crippen molar-refractivity contribution < 1.29 is 27.4 Å². The molecule has 2 aromatic rings. The number of rotatable bonds is 5. The standard InChI is InChI=1S/C19H19NO6S/c1-2-24-18(21)19(20)16(12-8-9-14-15(10-12)26-11-25-14)17(19)27(22,23)13-6-4-3-5-7-13/h3-10,16-17H,2,11,20H2,1H3/t16-,17+,19-/m0/s1. The molecule has 3 atom stereocenters. The zero-order valence-corrected chi connectivity index (χ0v) is 15.4. The molecule has 0 saturated heterocycles. The first-order chi connectivity index (χ1) is 12.9. The molecule has 27 heavy (non-hydrogen) atoms. The van der Waals surface area contributed by atoms with Crippen molar-refractivity contribution in [3.63, 3.8) is 0 Å². The van der Waals surface area contributed by atoms with Crippen molar-refractivity contribution in [3.8, 4) is 11.5 Å². The molecule has 0 bridgehead atoms. The fourth-order valence-corrected chi connectivity index (χ4v) is 5.87. The van der Waals surface area contributed by atoms with Crippen molar-refractivity contribution in [2.24, 2.45) is 5.73 Å². The molecule has 142 valence electrons. The first kappa shape index (κ1) is 17.8. The number of ether oxygens (including phenoxy) is 3. The van der Waals surface area contributed by atoms with Crippen molar-refractivity contribution in [2.45, 2.75) is 28.5 Å². The number of benzene rings is 2.